The Kier molecular flexibility index (Phi) is 6.43. The van der Waals surface area contributed by atoms with Gasteiger partial charge in [-0.1, -0.05) is 41.6 Å². The minimum atomic E-state index is -0.505. The van der Waals surface area contributed by atoms with Crippen molar-refractivity contribution in [2.45, 2.75) is 24.8 Å². The van der Waals surface area contributed by atoms with Gasteiger partial charge in [-0.15, -0.1) is 0 Å². The first kappa shape index (κ1) is 20.4. The predicted octanol–water partition coefficient (Wildman–Crippen LogP) is 5.03. The average Bonchev–Trinajstić information content (AvgIpc) is 2.95. The number of amides is 1. The summed E-state index contributed by atoms with van der Waals surface area (Å²) in [6.45, 7) is 2.17. The second kappa shape index (κ2) is 8.81. The first-order valence-electron chi connectivity index (χ1n) is 8.52. The molecule has 2 aromatic rings. The van der Waals surface area contributed by atoms with Gasteiger partial charge in [0, 0.05) is 30.8 Å². The monoisotopic (exact) mass is 422 g/mol. The van der Waals surface area contributed by atoms with Gasteiger partial charge in [-0.05, 0) is 36.2 Å². The molecule has 0 saturated carbocycles. The van der Waals surface area contributed by atoms with Gasteiger partial charge in [-0.2, -0.15) is 0 Å². The molecule has 0 aromatic heterocycles. The fourth-order valence-corrected chi connectivity index (χ4v) is 4.40. The van der Waals surface area contributed by atoms with Crippen LogP contribution in [0.5, 0.6) is 5.75 Å². The molecule has 148 valence electrons. The highest BCUT2D eigenvalue weighted by Crippen LogP contribution is 2.44. The third kappa shape index (κ3) is 4.40. The second-order valence-electron chi connectivity index (χ2n) is 6.33. The van der Waals surface area contributed by atoms with Crippen molar-refractivity contribution in [1.82, 2.24) is 4.90 Å². The molecule has 0 bridgehead atoms. The highest BCUT2D eigenvalue weighted by atomic mass is 35.5. The van der Waals surface area contributed by atoms with Crippen LogP contribution in [0.3, 0.4) is 0 Å². The molecule has 0 N–H and O–H groups in total. The van der Waals surface area contributed by atoms with E-state index >= 15 is 0 Å². The van der Waals surface area contributed by atoms with Crippen LogP contribution in [0.25, 0.3) is 0 Å². The molecule has 0 radical (unpaired) electrons. The topological polar surface area (TPSA) is 81.9 Å². The number of carbonyl (C=O) groups excluding carboxylic acids is 1. The summed E-state index contributed by atoms with van der Waals surface area (Å²) in [5.74, 6) is 0.129. The van der Waals surface area contributed by atoms with Crippen molar-refractivity contribution in [3.8, 4) is 5.75 Å². The Morgan fingerprint density at radius 1 is 1.25 bits per heavy atom. The second-order valence-corrected chi connectivity index (χ2v) is 7.86. The van der Waals surface area contributed by atoms with Crippen LogP contribution < -0.4 is 4.74 Å². The van der Waals surface area contributed by atoms with E-state index in [0.29, 0.717) is 10.6 Å². The van der Waals surface area contributed by atoms with E-state index in [1.807, 2.05) is 19.1 Å². The SMILES string of the molecule is COCOc1ccc(CN2C(=O)S[C@H](c3ccc(Cl)cc3)[C@H]2C)cc1[N+](=O)[O-]. The minimum absolute atomic E-state index is 0.0240. The number of hydrogen-bond donors (Lipinski definition) is 0. The number of rotatable bonds is 7. The van der Waals surface area contributed by atoms with Crippen molar-refractivity contribution < 1.29 is 19.2 Å². The number of nitrogens with zero attached hydrogens (tertiary/aromatic N) is 2. The van der Waals surface area contributed by atoms with Gasteiger partial charge in [0.1, 0.15) is 0 Å². The minimum Gasteiger partial charge on any atom is -0.460 e. The van der Waals surface area contributed by atoms with Crippen molar-refractivity contribution in [1.29, 1.82) is 0 Å². The number of halogens is 1. The summed E-state index contributed by atoms with van der Waals surface area (Å²) in [6, 6.07) is 12.1. The maximum absolute atomic E-state index is 12.6. The Hall–Kier alpha value is -2.29. The molecule has 0 unspecified atom stereocenters. The highest BCUT2D eigenvalue weighted by molar-refractivity contribution is 8.14. The van der Waals surface area contributed by atoms with E-state index in [4.69, 9.17) is 21.1 Å². The van der Waals surface area contributed by atoms with E-state index in [9.17, 15) is 14.9 Å². The molecule has 1 fully saturated rings. The normalized spacial score (nSPS) is 19.1. The van der Waals surface area contributed by atoms with Gasteiger partial charge in [0.25, 0.3) is 5.24 Å². The summed E-state index contributed by atoms with van der Waals surface area (Å²) < 4.78 is 10.0. The molecule has 7 nitrogen and oxygen atoms in total. The van der Waals surface area contributed by atoms with Gasteiger partial charge in [0.15, 0.2) is 12.5 Å². The van der Waals surface area contributed by atoms with Crippen LogP contribution in [0.2, 0.25) is 5.02 Å². The smallest absolute Gasteiger partial charge is 0.311 e. The first-order valence-corrected chi connectivity index (χ1v) is 9.78. The lowest BCUT2D eigenvalue weighted by molar-refractivity contribution is -0.386. The van der Waals surface area contributed by atoms with Crippen molar-refractivity contribution in [3.05, 3.63) is 68.7 Å². The summed E-state index contributed by atoms with van der Waals surface area (Å²) in [5.41, 5.74) is 1.52. The number of ether oxygens (including phenoxy) is 2. The lowest BCUT2D eigenvalue weighted by atomic mass is 10.0. The van der Waals surface area contributed by atoms with Gasteiger partial charge in [-0.3, -0.25) is 14.9 Å². The molecule has 3 rings (SSSR count). The molecule has 1 aliphatic heterocycles. The van der Waals surface area contributed by atoms with Gasteiger partial charge in [-0.25, -0.2) is 0 Å². The van der Waals surface area contributed by atoms with E-state index < -0.39 is 4.92 Å². The van der Waals surface area contributed by atoms with E-state index in [1.54, 1.807) is 23.1 Å². The Labute approximate surface area is 171 Å². The lowest BCUT2D eigenvalue weighted by Gasteiger charge is -2.24. The Balaban J connectivity index is 1.79. The standard InChI is InChI=1S/C19H19ClN2O5S/c1-12-18(14-4-6-15(20)7-5-14)28-19(23)21(12)10-13-3-8-17(27-11-26-2)16(9-13)22(24)25/h3-9,12,18H,10-11H2,1-2H3/t12-,18+/m1/s1. The zero-order valence-corrected chi connectivity index (χ0v) is 16.9. The first-order chi connectivity index (χ1) is 13.4. The summed E-state index contributed by atoms with van der Waals surface area (Å²) in [4.78, 5) is 25.1. The largest absolute Gasteiger partial charge is 0.460 e. The maximum atomic E-state index is 12.6. The van der Waals surface area contributed by atoms with Gasteiger partial charge in [0.2, 0.25) is 0 Å². The van der Waals surface area contributed by atoms with E-state index in [2.05, 4.69) is 0 Å². The number of hydrogen-bond acceptors (Lipinski definition) is 6. The quantitative estimate of drug-likeness (QED) is 0.353. The molecule has 1 saturated heterocycles. The molecule has 28 heavy (non-hydrogen) atoms. The Morgan fingerprint density at radius 3 is 2.61 bits per heavy atom. The number of nitro groups is 1. The fourth-order valence-electron chi connectivity index (χ4n) is 3.06. The molecule has 1 amide bonds. The van der Waals surface area contributed by atoms with Crippen LogP contribution >= 0.6 is 23.4 Å². The molecule has 2 aromatic carbocycles. The maximum Gasteiger partial charge on any atom is 0.311 e. The average molecular weight is 423 g/mol. The number of benzene rings is 2. The molecule has 2 atom stereocenters. The van der Waals surface area contributed by atoms with Crippen LogP contribution in [0, 0.1) is 10.1 Å². The predicted molar refractivity (Wildman–Crippen MR) is 108 cm³/mol. The van der Waals surface area contributed by atoms with Gasteiger partial charge < -0.3 is 14.4 Å². The number of nitro benzene ring substituents is 1. The van der Waals surface area contributed by atoms with Crippen LogP contribution in [-0.4, -0.2) is 35.0 Å². The third-order valence-electron chi connectivity index (χ3n) is 4.50. The zero-order chi connectivity index (χ0) is 20.3. The number of thioether (sulfide) groups is 1. The highest BCUT2D eigenvalue weighted by Gasteiger charge is 2.38. The molecular weight excluding hydrogens is 404 g/mol. The van der Waals surface area contributed by atoms with Crippen molar-refractivity contribution in [2.24, 2.45) is 0 Å². The molecule has 0 aliphatic carbocycles. The molecular formula is C19H19ClN2O5S. The van der Waals surface area contributed by atoms with Crippen molar-refractivity contribution >= 4 is 34.3 Å². The third-order valence-corrected chi connectivity index (χ3v) is 6.10. The lowest BCUT2D eigenvalue weighted by Crippen LogP contribution is -2.31. The molecule has 9 heteroatoms. The summed E-state index contributed by atoms with van der Waals surface area (Å²) >= 11 is 7.20. The Bertz CT molecular complexity index is 877. The van der Waals surface area contributed by atoms with Gasteiger partial charge in [0.05, 0.1) is 10.2 Å². The van der Waals surface area contributed by atoms with Crippen molar-refractivity contribution in [3.63, 3.8) is 0 Å². The van der Waals surface area contributed by atoms with E-state index in [-0.39, 0.29) is 41.3 Å². The van der Waals surface area contributed by atoms with Gasteiger partial charge >= 0.3 is 5.69 Å². The zero-order valence-electron chi connectivity index (χ0n) is 15.3. The summed E-state index contributed by atoms with van der Waals surface area (Å²) in [5, 5.41) is 11.9. The van der Waals surface area contributed by atoms with Crippen LogP contribution in [0.1, 0.15) is 23.3 Å². The molecule has 1 heterocycles. The van der Waals surface area contributed by atoms with E-state index in [1.165, 1.54) is 31.0 Å². The van der Waals surface area contributed by atoms with Crippen LogP contribution in [0.15, 0.2) is 42.5 Å². The number of carbonyl (C=O) groups is 1. The summed E-state index contributed by atoms with van der Waals surface area (Å²) in [7, 11) is 1.44. The van der Waals surface area contributed by atoms with Crippen LogP contribution in [0.4, 0.5) is 10.5 Å². The molecule has 0 spiro atoms. The van der Waals surface area contributed by atoms with Crippen molar-refractivity contribution in [2.75, 3.05) is 13.9 Å². The fraction of sp³-hybridized carbons (Fsp3) is 0.316. The number of methoxy groups -OCH3 is 1. The van der Waals surface area contributed by atoms with Crippen LogP contribution in [-0.2, 0) is 11.3 Å². The van der Waals surface area contributed by atoms with E-state index in [0.717, 1.165) is 5.56 Å². The Morgan fingerprint density at radius 2 is 1.96 bits per heavy atom. The summed E-state index contributed by atoms with van der Waals surface area (Å²) in [6.07, 6.45) is 0. The molecule has 1 aliphatic rings.